The van der Waals surface area contributed by atoms with Gasteiger partial charge in [0, 0.05) is 33.0 Å². The zero-order valence-corrected chi connectivity index (χ0v) is 16.5. The number of carbonyl (C=O) groups is 1. The molecule has 2 aromatic carbocycles. The summed E-state index contributed by atoms with van der Waals surface area (Å²) in [5.74, 6) is -0.0940. The lowest BCUT2D eigenvalue weighted by molar-refractivity contribution is -0.384. The highest BCUT2D eigenvalue weighted by Gasteiger charge is 2.09. The molecule has 1 heterocycles. The standard InChI is InChI=1S/C18H12Cl2N4O3S/c19-13-2-5-15(6-3-13)28-10-17(25)23-21-9-12-7-11-1-4-14(24(26)27)8-16(11)22-18(12)20/h1-9H,10H2,(H,23,25)/b21-9-. The fraction of sp³-hybridized carbons (Fsp3) is 0.0556. The molecule has 142 valence electrons. The Morgan fingerprint density at radius 3 is 2.68 bits per heavy atom. The zero-order valence-electron chi connectivity index (χ0n) is 14.1. The third-order valence-corrected chi connectivity index (χ3v) is 5.14. The van der Waals surface area contributed by atoms with Gasteiger partial charge in [-0.3, -0.25) is 14.9 Å². The number of hydrazone groups is 1. The van der Waals surface area contributed by atoms with Crippen molar-refractivity contribution in [1.29, 1.82) is 0 Å². The number of rotatable bonds is 6. The predicted molar refractivity (Wildman–Crippen MR) is 111 cm³/mol. The summed E-state index contributed by atoms with van der Waals surface area (Å²) in [6.45, 7) is 0. The molecule has 0 bridgehead atoms. The Bertz CT molecular complexity index is 1070. The number of benzene rings is 2. The summed E-state index contributed by atoms with van der Waals surface area (Å²) < 4.78 is 0. The molecular formula is C18H12Cl2N4O3S. The summed E-state index contributed by atoms with van der Waals surface area (Å²) in [5.41, 5.74) is 3.24. The highest BCUT2D eigenvalue weighted by Crippen LogP contribution is 2.23. The lowest BCUT2D eigenvalue weighted by atomic mass is 10.1. The molecule has 3 rings (SSSR count). The first-order chi connectivity index (χ1) is 13.4. The highest BCUT2D eigenvalue weighted by molar-refractivity contribution is 8.00. The van der Waals surface area contributed by atoms with E-state index in [1.807, 2.05) is 12.1 Å². The van der Waals surface area contributed by atoms with Crippen LogP contribution in [0.2, 0.25) is 10.2 Å². The maximum absolute atomic E-state index is 11.9. The molecule has 1 amide bonds. The Balaban J connectivity index is 1.63. The summed E-state index contributed by atoms with van der Waals surface area (Å²) in [4.78, 5) is 27.3. The molecule has 7 nitrogen and oxygen atoms in total. The van der Waals surface area contributed by atoms with Gasteiger partial charge < -0.3 is 0 Å². The van der Waals surface area contributed by atoms with Crippen LogP contribution in [0.4, 0.5) is 5.69 Å². The summed E-state index contributed by atoms with van der Waals surface area (Å²) in [7, 11) is 0. The summed E-state index contributed by atoms with van der Waals surface area (Å²) >= 11 is 13.3. The Morgan fingerprint density at radius 2 is 1.96 bits per heavy atom. The Morgan fingerprint density at radius 1 is 1.21 bits per heavy atom. The van der Waals surface area contributed by atoms with Crippen LogP contribution < -0.4 is 5.43 Å². The van der Waals surface area contributed by atoms with E-state index in [-0.39, 0.29) is 22.5 Å². The van der Waals surface area contributed by atoms with Crippen LogP contribution in [0.3, 0.4) is 0 Å². The number of nitrogens with zero attached hydrogens (tertiary/aromatic N) is 3. The van der Waals surface area contributed by atoms with Crippen molar-refractivity contribution in [2.45, 2.75) is 4.90 Å². The SMILES string of the molecule is O=C(CSc1ccc(Cl)cc1)N/N=C\c1cc2ccc([N+](=O)[O-])cc2nc1Cl. The molecule has 0 aliphatic carbocycles. The van der Waals surface area contributed by atoms with E-state index in [0.717, 1.165) is 4.90 Å². The van der Waals surface area contributed by atoms with Crippen molar-refractivity contribution in [1.82, 2.24) is 10.4 Å². The Kier molecular flexibility index (Phi) is 6.45. The number of fused-ring (bicyclic) bond motifs is 1. The smallest absolute Gasteiger partial charge is 0.271 e. The molecule has 0 atom stereocenters. The summed E-state index contributed by atoms with van der Waals surface area (Å²) in [6.07, 6.45) is 1.38. The molecule has 0 unspecified atom stereocenters. The van der Waals surface area contributed by atoms with E-state index in [1.54, 1.807) is 24.3 Å². The molecule has 1 aromatic heterocycles. The fourth-order valence-corrected chi connectivity index (χ4v) is 3.25. The molecule has 0 saturated carbocycles. The number of amides is 1. The number of non-ortho nitro benzene ring substituents is 1. The predicted octanol–water partition coefficient (Wildman–Crippen LogP) is 4.69. The van der Waals surface area contributed by atoms with Crippen LogP contribution in [0.15, 0.2) is 58.5 Å². The van der Waals surface area contributed by atoms with Gasteiger partial charge in [0.25, 0.3) is 5.69 Å². The van der Waals surface area contributed by atoms with Crippen molar-refractivity contribution < 1.29 is 9.72 Å². The zero-order chi connectivity index (χ0) is 20.1. The Hall–Kier alpha value is -2.68. The van der Waals surface area contributed by atoms with Crippen LogP contribution in [0, 0.1) is 10.1 Å². The molecule has 0 fully saturated rings. The van der Waals surface area contributed by atoms with Crippen LogP contribution in [0.5, 0.6) is 0 Å². The number of aromatic nitrogens is 1. The molecule has 3 aromatic rings. The van der Waals surface area contributed by atoms with Gasteiger partial charge in [-0.15, -0.1) is 11.8 Å². The number of nitrogens with one attached hydrogen (secondary N) is 1. The molecule has 10 heteroatoms. The van der Waals surface area contributed by atoms with E-state index in [4.69, 9.17) is 23.2 Å². The number of hydrogen-bond donors (Lipinski definition) is 1. The van der Waals surface area contributed by atoms with Crippen LogP contribution >= 0.6 is 35.0 Å². The van der Waals surface area contributed by atoms with Gasteiger partial charge in [-0.1, -0.05) is 23.2 Å². The highest BCUT2D eigenvalue weighted by atomic mass is 35.5. The fourth-order valence-electron chi connectivity index (χ4n) is 2.24. The van der Waals surface area contributed by atoms with E-state index >= 15 is 0 Å². The summed E-state index contributed by atoms with van der Waals surface area (Å²) in [6, 6.07) is 13.2. The van der Waals surface area contributed by atoms with E-state index in [9.17, 15) is 14.9 Å². The second kappa shape index (κ2) is 9.01. The number of halogens is 2. The third-order valence-electron chi connectivity index (χ3n) is 3.57. The van der Waals surface area contributed by atoms with Gasteiger partial charge in [0.1, 0.15) is 5.15 Å². The first-order valence-electron chi connectivity index (χ1n) is 7.87. The lowest BCUT2D eigenvalue weighted by Gasteiger charge is -2.03. The minimum Gasteiger partial charge on any atom is -0.272 e. The third kappa shape index (κ3) is 5.19. The van der Waals surface area contributed by atoms with Gasteiger partial charge in [-0.05, 0) is 36.4 Å². The maximum atomic E-state index is 11.9. The quantitative estimate of drug-likeness (QED) is 0.199. The molecule has 0 spiro atoms. The minimum absolute atomic E-state index is 0.0667. The van der Waals surface area contributed by atoms with E-state index < -0.39 is 4.92 Å². The van der Waals surface area contributed by atoms with Gasteiger partial charge in [-0.2, -0.15) is 5.10 Å². The molecule has 0 saturated heterocycles. The second-order valence-corrected chi connectivity index (χ2v) is 7.38. The van der Waals surface area contributed by atoms with Crippen molar-refractivity contribution in [3.05, 3.63) is 74.4 Å². The number of thioether (sulfide) groups is 1. The van der Waals surface area contributed by atoms with Crippen molar-refractivity contribution in [2.75, 3.05) is 5.75 Å². The number of pyridine rings is 1. The summed E-state index contributed by atoms with van der Waals surface area (Å²) in [5, 5.41) is 16.2. The van der Waals surface area contributed by atoms with Crippen molar-refractivity contribution in [3.63, 3.8) is 0 Å². The molecule has 0 aliphatic rings. The van der Waals surface area contributed by atoms with Crippen LogP contribution in [-0.4, -0.2) is 27.8 Å². The van der Waals surface area contributed by atoms with E-state index in [1.165, 1.54) is 30.1 Å². The Labute approximate surface area is 173 Å². The molecule has 0 aliphatic heterocycles. The topological polar surface area (TPSA) is 97.5 Å². The van der Waals surface area contributed by atoms with Gasteiger partial charge in [0.2, 0.25) is 5.91 Å². The van der Waals surface area contributed by atoms with Crippen LogP contribution in [-0.2, 0) is 4.79 Å². The van der Waals surface area contributed by atoms with Gasteiger partial charge in [0.15, 0.2) is 0 Å². The first-order valence-corrected chi connectivity index (χ1v) is 9.61. The molecule has 0 radical (unpaired) electrons. The monoisotopic (exact) mass is 434 g/mol. The van der Waals surface area contributed by atoms with Crippen molar-refractivity contribution in [2.24, 2.45) is 5.10 Å². The number of nitro groups is 1. The van der Waals surface area contributed by atoms with E-state index in [2.05, 4.69) is 15.5 Å². The maximum Gasteiger partial charge on any atom is 0.271 e. The van der Waals surface area contributed by atoms with Crippen LogP contribution in [0.1, 0.15) is 5.56 Å². The van der Waals surface area contributed by atoms with Gasteiger partial charge in [-0.25, -0.2) is 10.4 Å². The average molecular weight is 435 g/mol. The molecular weight excluding hydrogens is 423 g/mol. The van der Waals surface area contributed by atoms with E-state index in [0.29, 0.717) is 21.5 Å². The van der Waals surface area contributed by atoms with Gasteiger partial charge >= 0.3 is 0 Å². The lowest BCUT2D eigenvalue weighted by Crippen LogP contribution is -2.19. The number of hydrogen-bond acceptors (Lipinski definition) is 6. The van der Waals surface area contributed by atoms with Crippen molar-refractivity contribution >= 4 is 63.7 Å². The normalized spacial score (nSPS) is 11.1. The number of carbonyl (C=O) groups excluding carboxylic acids is 1. The second-order valence-electron chi connectivity index (χ2n) is 5.54. The first kappa shape index (κ1) is 20.1. The largest absolute Gasteiger partial charge is 0.272 e. The average Bonchev–Trinajstić information content (AvgIpc) is 2.67. The number of nitro benzene ring substituents is 1. The van der Waals surface area contributed by atoms with Crippen molar-refractivity contribution in [3.8, 4) is 0 Å². The molecule has 1 N–H and O–H groups in total. The van der Waals surface area contributed by atoms with Crippen LogP contribution in [0.25, 0.3) is 10.9 Å². The van der Waals surface area contributed by atoms with Gasteiger partial charge in [0.05, 0.1) is 22.4 Å². The minimum atomic E-state index is -0.498. The molecule has 28 heavy (non-hydrogen) atoms.